The zero-order valence-corrected chi connectivity index (χ0v) is 15.4. The van der Waals surface area contributed by atoms with Crippen molar-refractivity contribution in [3.8, 4) is 0 Å². The third-order valence-corrected chi connectivity index (χ3v) is 4.98. The van der Waals surface area contributed by atoms with Crippen molar-refractivity contribution in [3.05, 3.63) is 47.5 Å². The van der Waals surface area contributed by atoms with E-state index in [1.54, 1.807) is 9.42 Å². The molecule has 0 radical (unpaired) electrons. The molecule has 4 heterocycles. The van der Waals surface area contributed by atoms with Crippen LogP contribution in [0, 0.1) is 13.8 Å². The van der Waals surface area contributed by atoms with Crippen molar-refractivity contribution in [2.75, 3.05) is 4.90 Å². The van der Waals surface area contributed by atoms with E-state index in [0.29, 0.717) is 17.6 Å². The molecule has 3 aromatic heterocycles. The van der Waals surface area contributed by atoms with Crippen molar-refractivity contribution in [1.29, 1.82) is 0 Å². The second-order valence-electron chi connectivity index (χ2n) is 7.08. The van der Waals surface area contributed by atoms with E-state index >= 15 is 0 Å². The van der Waals surface area contributed by atoms with Gasteiger partial charge in [-0.15, -0.1) is 5.10 Å². The van der Waals surface area contributed by atoms with Gasteiger partial charge >= 0.3 is 0 Å². The Morgan fingerprint density at radius 2 is 2.00 bits per heavy atom. The maximum atomic E-state index is 13.1. The summed E-state index contributed by atoms with van der Waals surface area (Å²) in [4.78, 5) is 28.3. The lowest BCUT2D eigenvalue weighted by Gasteiger charge is -2.18. The summed E-state index contributed by atoms with van der Waals surface area (Å²) >= 11 is 0. The molecule has 27 heavy (non-hydrogen) atoms. The molecule has 8 heteroatoms. The number of aryl methyl sites for hydroxylation is 2. The van der Waals surface area contributed by atoms with Crippen molar-refractivity contribution in [1.82, 2.24) is 29.1 Å². The van der Waals surface area contributed by atoms with Gasteiger partial charge in [-0.05, 0) is 39.0 Å². The first kappa shape index (κ1) is 15.9. The molecule has 136 valence electrons. The second-order valence-corrected chi connectivity index (χ2v) is 7.08. The molecule has 4 aromatic rings. The predicted octanol–water partition coefficient (Wildman–Crippen LogP) is 2.07. The molecule has 1 amide bonds. The summed E-state index contributed by atoms with van der Waals surface area (Å²) in [6.45, 7) is 6.64. The quantitative estimate of drug-likeness (QED) is 0.546. The first-order valence-corrected chi connectivity index (χ1v) is 8.98. The van der Waals surface area contributed by atoms with E-state index in [2.05, 4.69) is 24.6 Å². The van der Waals surface area contributed by atoms with Crippen LogP contribution in [-0.2, 0) is 17.8 Å². The third kappa shape index (κ3) is 2.40. The van der Waals surface area contributed by atoms with Gasteiger partial charge in [0.1, 0.15) is 0 Å². The Kier molecular flexibility index (Phi) is 3.30. The lowest BCUT2D eigenvalue weighted by Crippen LogP contribution is -2.37. The Morgan fingerprint density at radius 1 is 1.19 bits per heavy atom. The van der Waals surface area contributed by atoms with Crippen LogP contribution in [-0.4, -0.2) is 41.1 Å². The van der Waals surface area contributed by atoms with E-state index < -0.39 is 0 Å². The van der Waals surface area contributed by atoms with Crippen LogP contribution in [0.2, 0.25) is 0 Å². The second kappa shape index (κ2) is 5.60. The fourth-order valence-corrected chi connectivity index (χ4v) is 3.83. The summed E-state index contributed by atoms with van der Waals surface area (Å²) < 4.78 is 3.78. The number of carbonyl (C=O) groups excluding carboxylic acids is 1. The minimum atomic E-state index is -0.0539. The molecule has 0 N–H and O–H groups in total. The van der Waals surface area contributed by atoms with Crippen molar-refractivity contribution in [2.45, 2.75) is 39.8 Å². The standard InChI is InChI=1S/C19H19N7O/c1-11-8-12(2)26-18(20-11)22-16(23-26)9-17(27)25-13(3)10-24-15-7-5-4-6-14(15)21-19(24)25/h4-8,13H,9-10H2,1-3H3/t13-/m0/s1. The van der Waals surface area contributed by atoms with E-state index in [0.717, 1.165) is 29.0 Å². The number of imidazole rings is 1. The number of aromatic nitrogens is 6. The van der Waals surface area contributed by atoms with Crippen LogP contribution in [0.15, 0.2) is 30.3 Å². The number of benzene rings is 1. The van der Waals surface area contributed by atoms with Crippen LogP contribution in [0.25, 0.3) is 16.8 Å². The van der Waals surface area contributed by atoms with Crippen LogP contribution < -0.4 is 4.90 Å². The summed E-state index contributed by atoms with van der Waals surface area (Å²) in [7, 11) is 0. The molecule has 0 bridgehead atoms. The fraction of sp³-hybridized carbons (Fsp3) is 0.316. The van der Waals surface area contributed by atoms with Crippen LogP contribution in [0.5, 0.6) is 0 Å². The zero-order valence-electron chi connectivity index (χ0n) is 15.4. The summed E-state index contributed by atoms with van der Waals surface area (Å²) in [6, 6.07) is 9.94. The molecule has 1 aliphatic heterocycles. The predicted molar refractivity (Wildman–Crippen MR) is 101 cm³/mol. The Morgan fingerprint density at radius 3 is 2.85 bits per heavy atom. The molecular weight excluding hydrogens is 342 g/mol. The van der Waals surface area contributed by atoms with Crippen molar-refractivity contribution < 1.29 is 4.79 Å². The molecule has 1 atom stereocenters. The molecule has 0 spiro atoms. The van der Waals surface area contributed by atoms with Gasteiger partial charge < -0.3 is 4.57 Å². The van der Waals surface area contributed by atoms with Crippen molar-refractivity contribution in [2.24, 2.45) is 0 Å². The summed E-state index contributed by atoms with van der Waals surface area (Å²) in [5, 5.41) is 4.46. The summed E-state index contributed by atoms with van der Waals surface area (Å²) in [5.74, 6) is 1.64. The largest absolute Gasteiger partial charge is 0.308 e. The molecule has 0 saturated carbocycles. The molecule has 5 rings (SSSR count). The van der Waals surface area contributed by atoms with Gasteiger partial charge in [-0.25, -0.2) is 14.5 Å². The molecular formula is C19H19N7O. The molecule has 8 nitrogen and oxygen atoms in total. The van der Waals surface area contributed by atoms with E-state index in [-0.39, 0.29) is 18.4 Å². The normalized spacial score (nSPS) is 16.4. The highest BCUT2D eigenvalue weighted by molar-refractivity contribution is 5.96. The van der Waals surface area contributed by atoms with Gasteiger partial charge in [-0.3, -0.25) is 9.69 Å². The monoisotopic (exact) mass is 361 g/mol. The Labute approximate surface area is 155 Å². The van der Waals surface area contributed by atoms with Gasteiger partial charge in [-0.1, -0.05) is 12.1 Å². The number of amides is 1. The van der Waals surface area contributed by atoms with Crippen molar-refractivity contribution >= 4 is 28.7 Å². The Bertz CT molecular complexity index is 1210. The number of carbonyl (C=O) groups is 1. The topological polar surface area (TPSA) is 81.2 Å². The number of rotatable bonds is 2. The highest BCUT2D eigenvalue weighted by Crippen LogP contribution is 2.30. The SMILES string of the molecule is Cc1cc(C)n2nc(CC(=O)N3c4nc5ccccc5n4C[C@@H]3C)nc2n1. The van der Waals surface area contributed by atoms with E-state index in [9.17, 15) is 4.79 Å². The maximum Gasteiger partial charge on any atom is 0.252 e. The maximum absolute atomic E-state index is 13.1. The molecule has 0 fully saturated rings. The number of para-hydroxylation sites is 2. The molecule has 1 aliphatic rings. The highest BCUT2D eigenvalue weighted by Gasteiger charge is 2.34. The fourth-order valence-electron chi connectivity index (χ4n) is 3.83. The van der Waals surface area contributed by atoms with Crippen LogP contribution in [0.4, 0.5) is 5.95 Å². The number of anilines is 1. The van der Waals surface area contributed by atoms with E-state index in [4.69, 9.17) is 0 Å². The first-order valence-electron chi connectivity index (χ1n) is 8.98. The lowest BCUT2D eigenvalue weighted by atomic mass is 10.2. The van der Waals surface area contributed by atoms with E-state index in [1.165, 1.54) is 0 Å². The average Bonchev–Trinajstić information content (AvgIpc) is 3.25. The minimum Gasteiger partial charge on any atom is -0.308 e. The smallest absolute Gasteiger partial charge is 0.252 e. The van der Waals surface area contributed by atoms with Gasteiger partial charge in [0.15, 0.2) is 5.82 Å². The Hall–Kier alpha value is -3.29. The van der Waals surface area contributed by atoms with Crippen molar-refractivity contribution in [3.63, 3.8) is 0 Å². The van der Waals surface area contributed by atoms with Crippen LogP contribution >= 0.6 is 0 Å². The molecule has 1 aromatic carbocycles. The molecule has 0 aliphatic carbocycles. The number of nitrogens with zero attached hydrogens (tertiary/aromatic N) is 7. The number of fused-ring (bicyclic) bond motifs is 4. The zero-order chi connectivity index (χ0) is 18.7. The van der Waals surface area contributed by atoms with Gasteiger partial charge in [0.05, 0.1) is 23.5 Å². The van der Waals surface area contributed by atoms with Gasteiger partial charge in [0.25, 0.3) is 5.78 Å². The molecule has 0 unspecified atom stereocenters. The van der Waals surface area contributed by atoms with E-state index in [1.807, 2.05) is 51.1 Å². The van der Waals surface area contributed by atoms with Crippen LogP contribution in [0.3, 0.4) is 0 Å². The Balaban J connectivity index is 1.49. The highest BCUT2D eigenvalue weighted by atomic mass is 16.2. The lowest BCUT2D eigenvalue weighted by molar-refractivity contribution is -0.118. The van der Waals surface area contributed by atoms with Gasteiger partial charge in [-0.2, -0.15) is 4.98 Å². The first-order chi connectivity index (χ1) is 13.0. The summed E-state index contributed by atoms with van der Waals surface area (Å²) in [6.07, 6.45) is 0.120. The average molecular weight is 361 g/mol. The number of hydrogen-bond acceptors (Lipinski definition) is 5. The van der Waals surface area contributed by atoms with Gasteiger partial charge in [0, 0.05) is 17.9 Å². The van der Waals surface area contributed by atoms with Gasteiger partial charge in [0.2, 0.25) is 11.9 Å². The molecule has 0 saturated heterocycles. The number of hydrogen-bond donors (Lipinski definition) is 0. The minimum absolute atomic E-state index is 0.0451. The summed E-state index contributed by atoms with van der Waals surface area (Å²) in [5.41, 5.74) is 3.78. The third-order valence-electron chi connectivity index (χ3n) is 4.98. The van der Waals surface area contributed by atoms with Crippen LogP contribution in [0.1, 0.15) is 24.1 Å².